The summed E-state index contributed by atoms with van der Waals surface area (Å²) < 4.78 is 28.8. The van der Waals surface area contributed by atoms with Crippen LogP contribution in [0.2, 0.25) is 5.02 Å². The van der Waals surface area contributed by atoms with Crippen LogP contribution in [0.15, 0.2) is 77.7 Å². The van der Waals surface area contributed by atoms with E-state index in [9.17, 15) is 18.0 Å². The first-order valence-corrected chi connectivity index (χ1v) is 13.8. The number of hydrogen-bond donors (Lipinski definition) is 1. The van der Waals surface area contributed by atoms with Gasteiger partial charge in [-0.05, 0) is 69.2 Å². The zero-order valence-corrected chi connectivity index (χ0v) is 23.0. The van der Waals surface area contributed by atoms with Gasteiger partial charge in [0.05, 0.1) is 10.6 Å². The minimum absolute atomic E-state index is 0.0789. The Kier molecular flexibility index (Phi) is 9.34. The second kappa shape index (κ2) is 12.3. The number of likely N-dealkylation sites (N-methyl/N-ethyl adjacent to an activating group) is 1. The molecule has 0 spiro atoms. The van der Waals surface area contributed by atoms with E-state index in [2.05, 4.69) is 5.32 Å². The fourth-order valence-electron chi connectivity index (χ4n) is 3.89. The van der Waals surface area contributed by atoms with Gasteiger partial charge in [-0.25, -0.2) is 8.42 Å². The molecule has 3 aromatic rings. The molecule has 0 unspecified atom stereocenters. The molecule has 3 rings (SSSR count). The number of nitrogens with zero attached hydrogens (tertiary/aromatic N) is 2. The van der Waals surface area contributed by atoms with Crippen LogP contribution in [0, 0.1) is 13.8 Å². The molecule has 2 amide bonds. The molecule has 196 valence electrons. The van der Waals surface area contributed by atoms with Crippen LogP contribution in [0.5, 0.6) is 0 Å². The molecule has 0 aliphatic carbocycles. The topological polar surface area (TPSA) is 86.8 Å². The Morgan fingerprint density at radius 2 is 1.57 bits per heavy atom. The third-order valence-electron chi connectivity index (χ3n) is 6.06. The standard InChI is InChI=1S/C28H32ClN3O4S/c1-5-30-28(34)22(4)31(18-23-12-14-24(29)15-13-23)27(33)19-32(26-9-7-6-8-21(26)3)37(35,36)25-16-10-20(2)11-17-25/h6-17,22H,5,18-19H2,1-4H3,(H,30,34)/t22-/m1/s1. The van der Waals surface area contributed by atoms with Crippen molar-refractivity contribution in [3.8, 4) is 0 Å². The zero-order chi connectivity index (χ0) is 27.2. The summed E-state index contributed by atoms with van der Waals surface area (Å²) in [7, 11) is -4.09. The van der Waals surface area contributed by atoms with Gasteiger partial charge in [0, 0.05) is 18.1 Å². The van der Waals surface area contributed by atoms with Crippen molar-refractivity contribution in [3.63, 3.8) is 0 Å². The van der Waals surface area contributed by atoms with Gasteiger partial charge in [0.15, 0.2) is 0 Å². The number of hydrogen-bond acceptors (Lipinski definition) is 4. The van der Waals surface area contributed by atoms with Crippen LogP contribution in [0.1, 0.15) is 30.5 Å². The first-order chi connectivity index (χ1) is 17.5. The summed E-state index contributed by atoms with van der Waals surface area (Å²) in [5.41, 5.74) is 2.78. The largest absolute Gasteiger partial charge is 0.355 e. The van der Waals surface area contributed by atoms with Crippen LogP contribution in [-0.4, -0.2) is 44.3 Å². The molecule has 7 nitrogen and oxygen atoms in total. The smallest absolute Gasteiger partial charge is 0.264 e. The Balaban J connectivity index is 2.03. The van der Waals surface area contributed by atoms with E-state index in [1.165, 1.54) is 17.0 Å². The summed E-state index contributed by atoms with van der Waals surface area (Å²) in [6, 6.07) is 19.6. The van der Waals surface area contributed by atoms with Gasteiger partial charge in [-0.3, -0.25) is 13.9 Å². The summed E-state index contributed by atoms with van der Waals surface area (Å²) in [6.07, 6.45) is 0. The fourth-order valence-corrected chi connectivity index (χ4v) is 5.49. The number of para-hydroxylation sites is 1. The van der Waals surface area contributed by atoms with E-state index in [1.54, 1.807) is 81.4 Å². The molecular weight excluding hydrogens is 510 g/mol. The van der Waals surface area contributed by atoms with E-state index in [-0.39, 0.29) is 17.3 Å². The predicted molar refractivity (Wildman–Crippen MR) is 147 cm³/mol. The molecule has 0 aromatic heterocycles. The maximum Gasteiger partial charge on any atom is 0.264 e. The van der Waals surface area contributed by atoms with Crippen molar-refractivity contribution in [1.29, 1.82) is 0 Å². The van der Waals surface area contributed by atoms with Crippen molar-refractivity contribution in [1.82, 2.24) is 10.2 Å². The Morgan fingerprint density at radius 3 is 2.16 bits per heavy atom. The molecule has 1 atom stereocenters. The fraction of sp³-hybridized carbons (Fsp3) is 0.286. The maximum atomic E-state index is 13.8. The first kappa shape index (κ1) is 28.2. The van der Waals surface area contributed by atoms with Gasteiger partial charge < -0.3 is 10.2 Å². The lowest BCUT2D eigenvalue weighted by Gasteiger charge is -2.32. The van der Waals surface area contributed by atoms with E-state index in [4.69, 9.17) is 11.6 Å². The van der Waals surface area contributed by atoms with E-state index in [0.717, 1.165) is 15.4 Å². The van der Waals surface area contributed by atoms with E-state index in [1.807, 2.05) is 6.92 Å². The van der Waals surface area contributed by atoms with Crippen molar-refractivity contribution < 1.29 is 18.0 Å². The second-order valence-electron chi connectivity index (χ2n) is 8.83. The molecule has 37 heavy (non-hydrogen) atoms. The lowest BCUT2D eigenvalue weighted by Crippen LogP contribution is -2.51. The molecule has 0 aliphatic rings. The van der Waals surface area contributed by atoms with E-state index >= 15 is 0 Å². The number of sulfonamides is 1. The SMILES string of the molecule is CCNC(=O)[C@@H](C)N(Cc1ccc(Cl)cc1)C(=O)CN(c1ccccc1C)S(=O)(=O)c1ccc(C)cc1. The predicted octanol–water partition coefficient (Wildman–Crippen LogP) is 4.71. The van der Waals surface area contributed by atoms with Crippen LogP contribution >= 0.6 is 11.6 Å². The number of carbonyl (C=O) groups is 2. The second-order valence-corrected chi connectivity index (χ2v) is 11.1. The van der Waals surface area contributed by atoms with Gasteiger partial charge in [-0.15, -0.1) is 0 Å². The van der Waals surface area contributed by atoms with Gasteiger partial charge in [0.2, 0.25) is 11.8 Å². The number of aryl methyl sites for hydroxylation is 2. The number of amides is 2. The van der Waals surface area contributed by atoms with Crippen molar-refractivity contribution in [2.75, 3.05) is 17.4 Å². The number of rotatable bonds is 10. The van der Waals surface area contributed by atoms with E-state index < -0.39 is 28.5 Å². The van der Waals surface area contributed by atoms with Crippen LogP contribution in [0.25, 0.3) is 0 Å². The Morgan fingerprint density at radius 1 is 0.946 bits per heavy atom. The average molecular weight is 542 g/mol. The number of anilines is 1. The van der Waals surface area contributed by atoms with Gasteiger partial charge in [-0.2, -0.15) is 0 Å². The Hall–Kier alpha value is -3.36. The highest BCUT2D eigenvalue weighted by atomic mass is 35.5. The van der Waals surface area contributed by atoms with Crippen molar-refractivity contribution in [2.24, 2.45) is 0 Å². The molecule has 0 saturated carbocycles. The summed E-state index contributed by atoms with van der Waals surface area (Å²) in [5.74, 6) is -0.832. The monoisotopic (exact) mass is 541 g/mol. The van der Waals surface area contributed by atoms with Gasteiger partial charge in [-0.1, -0.05) is 59.6 Å². The van der Waals surface area contributed by atoms with Gasteiger partial charge in [0.25, 0.3) is 10.0 Å². The Bertz CT molecular complexity index is 1340. The summed E-state index contributed by atoms with van der Waals surface area (Å²) >= 11 is 6.02. The molecule has 0 heterocycles. The molecule has 0 aliphatic heterocycles. The highest BCUT2D eigenvalue weighted by molar-refractivity contribution is 7.92. The minimum atomic E-state index is -4.09. The van der Waals surface area contributed by atoms with Crippen molar-refractivity contribution in [2.45, 2.75) is 45.2 Å². The van der Waals surface area contributed by atoms with Crippen molar-refractivity contribution >= 4 is 39.1 Å². The summed E-state index contributed by atoms with van der Waals surface area (Å²) in [6.45, 7) is 7.13. The molecule has 9 heteroatoms. The van der Waals surface area contributed by atoms with Gasteiger partial charge >= 0.3 is 0 Å². The number of carbonyl (C=O) groups excluding carboxylic acids is 2. The number of benzene rings is 3. The third-order valence-corrected chi connectivity index (χ3v) is 8.08. The molecule has 1 N–H and O–H groups in total. The van der Waals surface area contributed by atoms with Crippen LogP contribution in [0.3, 0.4) is 0 Å². The lowest BCUT2D eigenvalue weighted by molar-refractivity contribution is -0.139. The highest BCUT2D eigenvalue weighted by Gasteiger charge is 2.32. The maximum absolute atomic E-state index is 13.8. The van der Waals surface area contributed by atoms with Crippen LogP contribution < -0.4 is 9.62 Å². The minimum Gasteiger partial charge on any atom is -0.355 e. The molecule has 0 radical (unpaired) electrons. The van der Waals surface area contributed by atoms with Crippen molar-refractivity contribution in [3.05, 3.63) is 94.5 Å². The van der Waals surface area contributed by atoms with Crippen LogP contribution in [-0.2, 0) is 26.2 Å². The lowest BCUT2D eigenvalue weighted by atomic mass is 10.1. The molecular formula is C28H32ClN3O4S. The zero-order valence-electron chi connectivity index (χ0n) is 21.4. The van der Waals surface area contributed by atoms with Gasteiger partial charge in [0.1, 0.15) is 12.6 Å². The third kappa shape index (κ3) is 6.90. The molecule has 0 bridgehead atoms. The average Bonchev–Trinajstić information content (AvgIpc) is 2.87. The summed E-state index contributed by atoms with van der Waals surface area (Å²) in [4.78, 5) is 28.0. The normalized spacial score (nSPS) is 12.0. The number of halogens is 1. The quantitative estimate of drug-likeness (QED) is 0.403. The van der Waals surface area contributed by atoms with E-state index in [0.29, 0.717) is 22.8 Å². The summed E-state index contributed by atoms with van der Waals surface area (Å²) in [5, 5.41) is 3.29. The van der Waals surface area contributed by atoms with Crippen LogP contribution in [0.4, 0.5) is 5.69 Å². The number of nitrogens with one attached hydrogen (secondary N) is 1. The Labute approximate surface area is 224 Å². The molecule has 0 saturated heterocycles. The molecule has 0 fully saturated rings. The highest BCUT2D eigenvalue weighted by Crippen LogP contribution is 2.27. The first-order valence-electron chi connectivity index (χ1n) is 12.0. The molecule has 3 aromatic carbocycles.